The van der Waals surface area contributed by atoms with Gasteiger partial charge in [-0.15, -0.1) is 0 Å². The summed E-state index contributed by atoms with van der Waals surface area (Å²) in [6, 6.07) is 0.394. The van der Waals surface area contributed by atoms with Crippen molar-refractivity contribution in [1.82, 2.24) is 5.32 Å². The molecule has 3 atom stereocenters. The normalized spacial score (nSPS) is 28.9. The molecule has 15 heavy (non-hydrogen) atoms. The van der Waals surface area contributed by atoms with Gasteiger partial charge in [0.05, 0.1) is 4.83 Å². The van der Waals surface area contributed by atoms with E-state index in [2.05, 4.69) is 42.0 Å². The molecule has 0 spiro atoms. The van der Waals surface area contributed by atoms with Crippen LogP contribution < -0.4 is 5.32 Å². The highest BCUT2D eigenvalue weighted by Gasteiger charge is 2.26. The molecular weight excluding hydrogens is 254 g/mol. The lowest BCUT2D eigenvalue weighted by Crippen LogP contribution is -2.45. The van der Waals surface area contributed by atoms with Crippen LogP contribution in [0.4, 0.5) is 0 Å². The average molecular weight is 276 g/mol. The fourth-order valence-corrected chi connectivity index (χ4v) is 2.23. The Balaban J connectivity index is 2.42. The summed E-state index contributed by atoms with van der Waals surface area (Å²) in [5, 5.41) is 3.16. The molecule has 0 aromatic heterocycles. The van der Waals surface area contributed by atoms with Gasteiger partial charge in [-0.3, -0.25) is 4.79 Å². The van der Waals surface area contributed by atoms with Crippen LogP contribution >= 0.6 is 15.9 Å². The van der Waals surface area contributed by atoms with Crippen LogP contribution in [0.15, 0.2) is 0 Å². The fourth-order valence-electron chi connectivity index (χ4n) is 2.10. The molecule has 1 rings (SSSR count). The lowest BCUT2D eigenvalue weighted by molar-refractivity contribution is -0.122. The third-order valence-electron chi connectivity index (χ3n) is 3.27. The van der Waals surface area contributed by atoms with Crippen molar-refractivity contribution >= 4 is 21.8 Å². The molecule has 0 aromatic carbocycles. The maximum Gasteiger partial charge on any atom is 0.234 e. The van der Waals surface area contributed by atoms with Crippen molar-refractivity contribution in [3.63, 3.8) is 0 Å². The minimum atomic E-state index is -0.0494. The number of hydrogen-bond acceptors (Lipinski definition) is 1. The summed E-state index contributed by atoms with van der Waals surface area (Å²) in [5.41, 5.74) is 0. The second-order valence-corrected chi connectivity index (χ2v) is 6.01. The summed E-state index contributed by atoms with van der Waals surface area (Å²) in [5.74, 6) is 1.14. The van der Waals surface area contributed by atoms with Gasteiger partial charge in [-0.1, -0.05) is 49.5 Å². The van der Waals surface area contributed by atoms with Gasteiger partial charge >= 0.3 is 0 Å². The Morgan fingerprint density at radius 1 is 1.33 bits per heavy atom. The van der Waals surface area contributed by atoms with Crippen molar-refractivity contribution in [1.29, 1.82) is 0 Å². The molecule has 88 valence electrons. The minimum Gasteiger partial charge on any atom is -0.352 e. The van der Waals surface area contributed by atoms with Crippen LogP contribution in [0, 0.1) is 11.8 Å². The first kappa shape index (κ1) is 13.0. The number of carbonyl (C=O) groups is 1. The van der Waals surface area contributed by atoms with E-state index in [1.165, 1.54) is 19.3 Å². The quantitative estimate of drug-likeness (QED) is 0.788. The Kier molecular flexibility index (Phi) is 5.10. The van der Waals surface area contributed by atoms with Crippen LogP contribution in [0.5, 0.6) is 0 Å². The van der Waals surface area contributed by atoms with Gasteiger partial charge in [0.15, 0.2) is 0 Å². The van der Waals surface area contributed by atoms with Crippen molar-refractivity contribution in [2.75, 3.05) is 0 Å². The Bertz CT molecular complexity index is 218. The van der Waals surface area contributed by atoms with Crippen LogP contribution in [-0.4, -0.2) is 16.8 Å². The summed E-state index contributed by atoms with van der Waals surface area (Å²) >= 11 is 3.44. The third kappa shape index (κ3) is 3.78. The summed E-state index contributed by atoms with van der Waals surface area (Å²) in [4.78, 5) is 11.8. The van der Waals surface area contributed by atoms with Crippen molar-refractivity contribution < 1.29 is 4.79 Å². The molecule has 0 radical (unpaired) electrons. The first-order chi connectivity index (χ1) is 7.02. The van der Waals surface area contributed by atoms with Gasteiger partial charge in [0.2, 0.25) is 5.91 Å². The molecule has 1 amide bonds. The predicted molar refractivity (Wildman–Crippen MR) is 67.1 cm³/mol. The zero-order valence-electron chi connectivity index (χ0n) is 9.92. The molecular formula is C12H22BrNO. The van der Waals surface area contributed by atoms with E-state index in [4.69, 9.17) is 0 Å². The Hall–Kier alpha value is -0.0500. The number of nitrogens with one attached hydrogen (secondary N) is 1. The Morgan fingerprint density at radius 3 is 2.47 bits per heavy atom. The van der Waals surface area contributed by atoms with Gasteiger partial charge in [-0.05, 0) is 24.7 Å². The lowest BCUT2D eigenvalue weighted by Gasteiger charge is -2.30. The molecule has 1 aliphatic rings. The Morgan fingerprint density at radius 2 is 1.93 bits per heavy atom. The number of amides is 1. The van der Waals surface area contributed by atoms with E-state index in [1.54, 1.807) is 0 Å². The van der Waals surface area contributed by atoms with Crippen LogP contribution in [0.1, 0.15) is 46.5 Å². The van der Waals surface area contributed by atoms with Crippen molar-refractivity contribution in [3.8, 4) is 0 Å². The van der Waals surface area contributed by atoms with Crippen molar-refractivity contribution in [3.05, 3.63) is 0 Å². The van der Waals surface area contributed by atoms with Crippen LogP contribution in [-0.2, 0) is 4.79 Å². The fraction of sp³-hybridized carbons (Fsp3) is 0.917. The molecule has 0 heterocycles. The molecule has 0 aliphatic heterocycles. The zero-order chi connectivity index (χ0) is 11.4. The summed E-state index contributed by atoms with van der Waals surface area (Å²) in [7, 11) is 0. The highest BCUT2D eigenvalue weighted by molar-refractivity contribution is 9.10. The smallest absolute Gasteiger partial charge is 0.234 e. The SMILES string of the molecule is CC(C)[C@H](Br)C(=O)N[C@@H]1CCCC[C@H]1C. The van der Waals surface area contributed by atoms with Gasteiger partial charge in [-0.25, -0.2) is 0 Å². The number of hydrogen-bond donors (Lipinski definition) is 1. The van der Waals surface area contributed by atoms with E-state index in [0.717, 1.165) is 6.42 Å². The predicted octanol–water partition coefficient (Wildman–Crippen LogP) is 3.10. The molecule has 1 fully saturated rings. The molecule has 1 saturated carbocycles. The first-order valence-electron chi connectivity index (χ1n) is 5.96. The number of halogens is 1. The molecule has 0 bridgehead atoms. The lowest BCUT2D eigenvalue weighted by atomic mass is 9.86. The molecule has 3 heteroatoms. The van der Waals surface area contributed by atoms with E-state index in [9.17, 15) is 4.79 Å². The molecule has 0 saturated heterocycles. The van der Waals surface area contributed by atoms with Crippen LogP contribution in [0.25, 0.3) is 0 Å². The molecule has 0 unspecified atom stereocenters. The van der Waals surface area contributed by atoms with Crippen molar-refractivity contribution in [2.45, 2.75) is 57.3 Å². The number of alkyl halides is 1. The highest BCUT2D eigenvalue weighted by Crippen LogP contribution is 2.24. The maximum atomic E-state index is 11.8. The summed E-state index contributed by atoms with van der Waals surface area (Å²) in [6.45, 7) is 6.36. The van der Waals surface area contributed by atoms with Gasteiger partial charge in [-0.2, -0.15) is 0 Å². The molecule has 2 nitrogen and oxygen atoms in total. The Labute approximate surface area is 101 Å². The standard InChI is InChI=1S/C12H22BrNO/c1-8(2)11(13)12(15)14-10-7-5-4-6-9(10)3/h8-11H,4-7H2,1-3H3,(H,14,15)/t9-,10-,11+/m1/s1. The largest absolute Gasteiger partial charge is 0.352 e. The van der Waals surface area contributed by atoms with E-state index >= 15 is 0 Å². The first-order valence-corrected chi connectivity index (χ1v) is 6.88. The van der Waals surface area contributed by atoms with Gasteiger partial charge in [0, 0.05) is 6.04 Å². The van der Waals surface area contributed by atoms with Gasteiger partial charge < -0.3 is 5.32 Å². The summed E-state index contributed by atoms with van der Waals surface area (Å²) in [6.07, 6.45) is 4.96. The number of carbonyl (C=O) groups excluding carboxylic acids is 1. The minimum absolute atomic E-state index is 0.0494. The third-order valence-corrected chi connectivity index (χ3v) is 4.75. The second-order valence-electron chi connectivity index (χ2n) is 5.02. The van der Waals surface area contributed by atoms with E-state index in [-0.39, 0.29) is 10.7 Å². The van der Waals surface area contributed by atoms with E-state index in [1.807, 2.05) is 0 Å². The van der Waals surface area contributed by atoms with Crippen LogP contribution in [0.2, 0.25) is 0 Å². The molecule has 1 aliphatic carbocycles. The highest BCUT2D eigenvalue weighted by atomic mass is 79.9. The van der Waals surface area contributed by atoms with E-state index < -0.39 is 0 Å². The molecule has 1 N–H and O–H groups in total. The summed E-state index contributed by atoms with van der Waals surface area (Å²) < 4.78 is 0. The van der Waals surface area contributed by atoms with Crippen molar-refractivity contribution in [2.24, 2.45) is 11.8 Å². The number of rotatable bonds is 3. The maximum absolute atomic E-state index is 11.8. The monoisotopic (exact) mass is 275 g/mol. The van der Waals surface area contributed by atoms with Gasteiger partial charge in [0.25, 0.3) is 0 Å². The topological polar surface area (TPSA) is 29.1 Å². The zero-order valence-corrected chi connectivity index (χ0v) is 11.5. The molecule has 0 aromatic rings. The second kappa shape index (κ2) is 5.88. The van der Waals surface area contributed by atoms with E-state index in [0.29, 0.717) is 17.9 Å². The average Bonchev–Trinajstić information content (AvgIpc) is 2.20. The van der Waals surface area contributed by atoms with Gasteiger partial charge in [0.1, 0.15) is 0 Å². The van der Waals surface area contributed by atoms with Crippen LogP contribution in [0.3, 0.4) is 0 Å².